The predicted octanol–water partition coefficient (Wildman–Crippen LogP) is 5.14. The highest BCUT2D eigenvalue weighted by Gasteiger charge is 2.41. The summed E-state index contributed by atoms with van der Waals surface area (Å²) in [5.74, 6) is 2.74. The van der Waals surface area contributed by atoms with Gasteiger partial charge < -0.3 is 10.6 Å². The number of thiocarbonyl (C=S) groups is 1. The summed E-state index contributed by atoms with van der Waals surface area (Å²) in [6.45, 7) is 4.53. The number of hydrogen-bond donors (Lipinski definition) is 2. The molecule has 0 saturated heterocycles. The van der Waals surface area contributed by atoms with Crippen LogP contribution >= 0.6 is 12.2 Å². The summed E-state index contributed by atoms with van der Waals surface area (Å²) in [4.78, 5) is 0. The van der Waals surface area contributed by atoms with E-state index in [4.69, 9.17) is 12.2 Å². The first-order chi connectivity index (χ1) is 11.2. The van der Waals surface area contributed by atoms with E-state index in [1.54, 1.807) is 0 Å². The maximum Gasteiger partial charge on any atom is 0.170 e. The van der Waals surface area contributed by atoms with Gasteiger partial charge in [0.25, 0.3) is 0 Å². The van der Waals surface area contributed by atoms with E-state index in [0.717, 1.165) is 28.6 Å². The number of rotatable bonds is 6. The highest BCUT2D eigenvalue weighted by Crippen LogP contribution is 2.49. The fourth-order valence-electron chi connectivity index (χ4n) is 4.52. The summed E-state index contributed by atoms with van der Waals surface area (Å²) in [6.07, 6.45) is 9.41. The molecule has 1 aromatic carbocycles. The SMILES string of the molecule is CCCCc1ccc(NC(=S)NC(C)C2CC3CCC2C3)cc1. The minimum atomic E-state index is 0.481. The minimum Gasteiger partial charge on any atom is -0.360 e. The summed E-state index contributed by atoms with van der Waals surface area (Å²) >= 11 is 5.51. The third-order valence-electron chi connectivity index (χ3n) is 5.82. The van der Waals surface area contributed by atoms with Crippen LogP contribution in [0.5, 0.6) is 0 Å². The third-order valence-corrected chi connectivity index (χ3v) is 6.04. The van der Waals surface area contributed by atoms with Gasteiger partial charge in [-0.15, -0.1) is 0 Å². The van der Waals surface area contributed by atoms with Gasteiger partial charge in [-0.05, 0) is 86.7 Å². The normalized spacial score (nSPS) is 27.0. The number of fused-ring (bicyclic) bond motifs is 2. The predicted molar refractivity (Wildman–Crippen MR) is 103 cm³/mol. The molecule has 2 bridgehead atoms. The van der Waals surface area contributed by atoms with E-state index in [9.17, 15) is 0 Å². The summed E-state index contributed by atoms with van der Waals surface area (Å²) in [5.41, 5.74) is 2.49. The van der Waals surface area contributed by atoms with E-state index in [2.05, 4.69) is 48.7 Å². The molecule has 3 rings (SSSR count). The molecule has 23 heavy (non-hydrogen) atoms. The Morgan fingerprint density at radius 2 is 2.00 bits per heavy atom. The zero-order valence-electron chi connectivity index (χ0n) is 14.5. The van der Waals surface area contributed by atoms with Gasteiger partial charge in [-0.25, -0.2) is 0 Å². The Hall–Kier alpha value is -1.09. The largest absolute Gasteiger partial charge is 0.360 e. The molecule has 2 nitrogen and oxygen atoms in total. The van der Waals surface area contributed by atoms with Gasteiger partial charge in [0.05, 0.1) is 0 Å². The maximum absolute atomic E-state index is 5.51. The lowest BCUT2D eigenvalue weighted by Crippen LogP contribution is -2.42. The van der Waals surface area contributed by atoms with E-state index in [-0.39, 0.29) is 0 Å². The first-order valence-electron chi connectivity index (χ1n) is 9.32. The second-order valence-corrected chi connectivity index (χ2v) is 7.93. The number of anilines is 1. The van der Waals surface area contributed by atoms with E-state index in [1.807, 2.05) is 0 Å². The van der Waals surface area contributed by atoms with Crippen LogP contribution < -0.4 is 10.6 Å². The zero-order chi connectivity index (χ0) is 16.2. The van der Waals surface area contributed by atoms with Gasteiger partial charge in [0.15, 0.2) is 5.11 Å². The summed E-state index contributed by atoms with van der Waals surface area (Å²) in [5, 5.41) is 7.63. The quantitative estimate of drug-likeness (QED) is 0.706. The van der Waals surface area contributed by atoms with Gasteiger partial charge in [0, 0.05) is 11.7 Å². The molecule has 2 aliphatic rings. The summed E-state index contributed by atoms with van der Waals surface area (Å²) < 4.78 is 0. The fraction of sp³-hybridized carbons (Fsp3) is 0.650. The van der Waals surface area contributed by atoms with Crippen molar-refractivity contribution in [1.82, 2.24) is 5.32 Å². The van der Waals surface area contributed by atoms with Crippen molar-refractivity contribution in [2.45, 2.75) is 64.8 Å². The number of unbranched alkanes of at least 4 members (excludes halogenated alkanes) is 1. The van der Waals surface area contributed by atoms with Crippen molar-refractivity contribution < 1.29 is 0 Å². The van der Waals surface area contributed by atoms with Crippen molar-refractivity contribution >= 4 is 23.0 Å². The molecule has 4 atom stereocenters. The average Bonchev–Trinajstić information content (AvgIpc) is 3.17. The smallest absolute Gasteiger partial charge is 0.170 e. The number of aryl methyl sites for hydroxylation is 1. The Morgan fingerprint density at radius 3 is 2.61 bits per heavy atom. The van der Waals surface area contributed by atoms with Gasteiger partial charge in [0.2, 0.25) is 0 Å². The first-order valence-corrected chi connectivity index (χ1v) is 9.73. The Labute approximate surface area is 146 Å². The van der Waals surface area contributed by atoms with Gasteiger partial charge in [0.1, 0.15) is 0 Å². The van der Waals surface area contributed by atoms with Crippen molar-refractivity contribution in [3.05, 3.63) is 29.8 Å². The molecule has 2 saturated carbocycles. The van der Waals surface area contributed by atoms with Gasteiger partial charge in [-0.3, -0.25) is 0 Å². The third kappa shape index (κ3) is 4.26. The Bertz CT molecular complexity index is 525. The van der Waals surface area contributed by atoms with Crippen LogP contribution in [0.3, 0.4) is 0 Å². The topological polar surface area (TPSA) is 24.1 Å². The van der Waals surface area contributed by atoms with Gasteiger partial charge in [-0.2, -0.15) is 0 Å². The van der Waals surface area contributed by atoms with Gasteiger partial charge >= 0.3 is 0 Å². The second-order valence-electron chi connectivity index (χ2n) is 7.53. The number of benzene rings is 1. The minimum absolute atomic E-state index is 0.481. The van der Waals surface area contributed by atoms with E-state index in [1.165, 1.54) is 50.5 Å². The van der Waals surface area contributed by atoms with E-state index in [0.29, 0.717) is 6.04 Å². The zero-order valence-corrected chi connectivity index (χ0v) is 15.3. The molecular formula is C20H30N2S. The molecule has 0 aromatic heterocycles. The number of nitrogens with one attached hydrogen (secondary N) is 2. The standard InChI is InChI=1S/C20H30N2S/c1-3-4-5-15-7-10-18(11-8-15)22-20(23)21-14(2)19-13-16-6-9-17(19)12-16/h7-8,10-11,14,16-17,19H,3-6,9,12-13H2,1-2H3,(H2,21,22,23). The second kappa shape index (κ2) is 7.65. The molecule has 2 fully saturated rings. The molecule has 0 heterocycles. The molecule has 4 unspecified atom stereocenters. The Morgan fingerprint density at radius 1 is 1.22 bits per heavy atom. The lowest BCUT2D eigenvalue weighted by atomic mass is 9.84. The highest BCUT2D eigenvalue weighted by molar-refractivity contribution is 7.80. The molecule has 0 radical (unpaired) electrons. The van der Waals surface area contributed by atoms with Crippen molar-refractivity contribution in [3.8, 4) is 0 Å². The lowest BCUT2D eigenvalue weighted by Gasteiger charge is -2.29. The highest BCUT2D eigenvalue weighted by atomic mass is 32.1. The van der Waals surface area contributed by atoms with Crippen LogP contribution in [0.4, 0.5) is 5.69 Å². The number of hydrogen-bond acceptors (Lipinski definition) is 1. The Balaban J connectivity index is 1.47. The van der Waals surface area contributed by atoms with Crippen LogP contribution in [0.25, 0.3) is 0 Å². The molecule has 2 N–H and O–H groups in total. The molecule has 2 aliphatic carbocycles. The van der Waals surface area contributed by atoms with E-state index < -0.39 is 0 Å². The molecule has 0 amide bonds. The summed E-state index contributed by atoms with van der Waals surface area (Å²) in [7, 11) is 0. The fourth-order valence-corrected chi connectivity index (χ4v) is 4.83. The molecule has 126 valence electrons. The van der Waals surface area contributed by atoms with Crippen molar-refractivity contribution in [2.24, 2.45) is 17.8 Å². The Kier molecular flexibility index (Phi) is 5.58. The molecule has 3 heteroatoms. The molecule has 0 aliphatic heterocycles. The van der Waals surface area contributed by atoms with Crippen LogP contribution in [-0.2, 0) is 6.42 Å². The molecular weight excluding hydrogens is 300 g/mol. The average molecular weight is 331 g/mol. The van der Waals surface area contributed by atoms with Crippen LogP contribution in [0.2, 0.25) is 0 Å². The van der Waals surface area contributed by atoms with Crippen LogP contribution in [0.1, 0.15) is 57.9 Å². The lowest BCUT2D eigenvalue weighted by molar-refractivity contribution is 0.279. The van der Waals surface area contributed by atoms with E-state index >= 15 is 0 Å². The van der Waals surface area contributed by atoms with Gasteiger partial charge in [-0.1, -0.05) is 31.9 Å². The molecule has 1 aromatic rings. The van der Waals surface area contributed by atoms with Crippen molar-refractivity contribution in [3.63, 3.8) is 0 Å². The molecule has 0 spiro atoms. The van der Waals surface area contributed by atoms with Crippen molar-refractivity contribution in [1.29, 1.82) is 0 Å². The van der Waals surface area contributed by atoms with Crippen LogP contribution in [0, 0.1) is 17.8 Å². The van der Waals surface area contributed by atoms with Crippen molar-refractivity contribution in [2.75, 3.05) is 5.32 Å². The monoisotopic (exact) mass is 330 g/mol. The summed E-state index contributed by atoms with van der Waals surface area (Å²) in [6, 6.07) is 9.18. The first kappa shape index (κ1) is 16.8. The maximum atomic E-state index is 5.51. The van der Waals surface area contributed by atoms with Crippen LogP contribution in [0.15, 0.2) is 24.3 Å². The van der Waals surface area contributed by atoms with Crippen LogP contribution in [-0.4, -0.2) is 11.2 Å².